The van der Waals surface area contributed by atoms with E-state index in [4.69, 9.17) is 5.11 Å². The highest BCUT2D eigenvalue weighted by Gasteiger charge is 2.11. The molecule has 0 aliphatic carbocycles. The fourth-order valence-electron chi connectivity index (χ4n) is 1.79. The van der Waals surface area contributed by atoms with Gasteiger partial charge in [0.1, 0.15) is 0 Å². The Bertz CT molecular complexity index is 428. The van der Waals surface area contributed by atoms with Gasteiger partial charge in [-0.05, 0) is 30.7 Å². The highest BCUT2D eigenvalue weighted by atomic mass is 16.5. The molecule has 5 nitrogen and oxygen atoms in total. The number of esters is 1. The molecule has 5 heteroatoms. The van der Waals surface area contributed by atoms with Crippen molar-refractivity contribution in [2.75, 3.05) is 20.2 Å². The van der Waals surface area contributed by atoms with Crippen LogP contribution in [0.3, 0.4) is 0 Å². The number of benzene rings is 1. The second kappa shape index (κ2) is 7.53. The second-order valence-corrected chi connectivity index (χ2v) is 4.29. The van der Waals surface area contributed by atoms with Gasteiger partial charge in [-0.15, -0.1) is 0 Å². The lowest BCUT2D eigenvalue weighted by molar-refractivity contribution is -0.142. The quantitative estimate of drug-likeness (QED) is 0.761. The number of rotatable bonds is 7. The van der Waals surface area contributed by atoms with Gasteiger partial charge in [0.15, 0.2) is 0 Å². The molecule has 104 valence electrons. The van der Waals surface area contributed by atoms with Crippen LogP contribution in [0.4, 0.5) is 0 Å². The topological polar surface area (TPSA) is 66.8 Å². The molecular formula is C14H19NO4. The summed E-state index contributed by atoms with van der Waals surface area (Å²) in [6, 6.07) is 6.67. The zero-order chi connectivity index (χ0) is 14.3. The molecular weight excluding hydrogens is 246 g/mol. The fourth-order valence-corrected chi connectivity index (χ4v) is 1.79. The number of carbonyl (C=O) groups is 2. The average Bonchev–Trinajstić information content (AvgIpc) is 2.39. The number of hydrogen-bond acceptors (Lipinski definition) is 4. The molecule has 0 unspecified atom stereocenters. The van der Waals surface area contributed by atoms with Crippen LogP contribution in [0.1, 0.15) is 29.3 Å². The van der Waals surface area contributed by atoms with E-state index in [1.165, 1.54) is 7.11 Å². The summed E-state index contributed by atoms with van der Waals surface area (Å²) in [5.74, 6) is -1.21. The van der Waals surface area contributed by atoms with Gasteiger partial charge in [0.2, 0.25) is 0 Å². The molecule has 0 heterocycles. The van der Waals surface area contributed by atoms with Crippen molar-refractivity contribution in [3.8, 4) is 0 Å². The van der Waals surface area contributed by atoms with Crippen LogP contribution in [-0.4, -0.2) is 42.1 Å². The second-order valence-electron chi connectivity index (χ2n) is 4.29. The largest absolute Gasteiger partial charge is 0.478 e. The number of hydrogen-bond donors (Lipinski definition) is 1. The zero-order valence-corrected chi connectivity index (χ0v) is 11.3. The smallest absolute Gasteiger partial charge is 0.335 e. The van der Waals surface area contributed by atoms with Crippen LogP contribution in [0.5, 0.6) is 0 Å². The third-order valence-electron chi connectivity index (χ3n) is 2.73. The molecule has 0 saturated heterocycles. The Hall–Kier alpha value is -1.88. The number of ether oxygens (including phenoxy) is 1. The molecule has 1 N–H and O–H groups in total. The van der Waals surface area contributed by atoms with Crippen molar-refractivity contribution in [1.29, 1.82) is 0 Å². The van der Waals surface area contributed by atoms with Gasteiger partial charge >= 0.3 is 11.9 Å². The number of methoxy groups -OCH3 is 1. The zero-order valence-electron chi connectivity index (χ0n) is 11.3. The van der Waals surface area contributed by atoms with Gasteiger partial charge in [-0.1, -0.05) is 19.1 Å². The van der Waals surface area contributed by atoms with Crippen LogP contribution < -0.4 is 0 Å². The van der Waals surface area contributed by atoms with Gasteiger partial charge in [-0.3, -0.25) is 9.69 Å². The first kappa shape index (κ1) is 15.2. The minimum atomic E-state index is -0.938. The molecule has 1 rings (SSSR count). The number of carboxylic acid groups (broad SMARTS) is 1. The highest BCUT2D eigenvalue weighted by Crippen LogP contribution is 2.08. The van der Waals surface area contributed by atoms with Gasteiger partial charge in [0.05, 0.1) is 19.2 Å². The molecule has 0 fully saturated rings. The summed E-state index contributed by atoms with van der Waals surface area (Å²) in [5.41, 5.74) is 1.24. The van der Waals surface area contributed by atoms with Crippen molar-refractivity contribution >= 4 is 11.9 Å². The molecule has 0 bridgehead atoms. The van der Waals surface area contributed by atoms with Crippen LogP contribution in [-0.2, 0) is 16.1 Å². The van der Waals surface area contributed by atoms with Gasteiger partial charge in [0, 0.05) is 6.54 Å². The summed E-state index contributed by atoms with van der Waals surface area (Å²) in [5, 5.41) is 8.82. The van der Waals surface area contributed by atoms with Crippen molar-refractivity contribution in [1.82, 2.24) is 4.90 Å². The summed E-state index contributed by atoms with van der Waals surface area (Å²) < 4.78 is 4.66. The van der Waals surface area contributed by atoms with E-state index >= 15 is 0 Å². The third kappa shape index (κ3) is 5.09. The highest BCUT2D eigenvalue weighted by molar-refractivity contribution is 5.87. The maximum atomic E-state index is 11.3. The first-order chi connectivity index (χ1) is 9.06. The number of nitrogens with zero attached hydrogens (tertiary/aromatic N) is 1. The predicted octanol–water partition coefficient (Wildman–Crippen LogP) is 1.77. The van der Waals surface area contributed by atoms with Crippen LogP contribution in [0, 0.1) is 0 Å². The van der Waals surface area contributed by atoms with Gasteiger partial charge < -0.3 is 9.84 Å². The van der Waals surface area contributed by atoms with Gasteiger partial charge in [-0.2, -0.15) is 0 Å². The molecule has 0 aliphatic heterocycles. The van der Waals surface area contributed by atoms with E-state index in [1.807, 2.05) is 11.8 Å². The molecule has 0 saturated carbocycles. The lowest BCUT2D eigenvalue weighted by Gasteiger charge is -2.20. The lowest BCUT2D eigenvalue weighted by Crippen LogP contribution is -2.30. The summed E-state index contributed by atoms with van der Waals surface area (Å²) in [7, 11) is 1.37. The number of carboxylic acids is 1. The summed E-state index contributed by atoms with van der Waals surface area (Å²) in [6.45, 7) is 3.67. The van der Waals surface area contributed by atoms with Crippen molar-refractivity contribution in [2.45, 2.75) is 19.9 Å². The SMILES string of the molecule is CCCN(CC(=O)OC)Cc1ccc(C(=O)O)cc1. The van der Waals surface area contributed by atoms with E-state index in [9.17, 15) is 9.59 Å². The first-order valence-electron chi connectivity index (χ1n) is 6.18. The fraction of sp³-hybridized carbons (Fsp3) is 0.429. The van der Waals surface area contributed by atoms with Crippen LogP contribution >= 0.6 is 0 Å². The van der Waals surface area contributed by atoms with Gasteiger partial charge in [0.25, 0.3) is 0 Å². The maximum absolute atomic E-state index is 11.3. The summed E-state index contributed by atoms with van der Waals surface area (Å²) >= 11 is 0. The van der Waals surface area contributed by atoms with Crippen LogP contribution in [0.15, 0.2) is 24.3 Å². The first-order valence-corrected chi connectivity index (χ1v) is 6.18. The Morgan fingerprint density at radius 3 is 2.37 bits per heavy atom. The Kier molecular flexibility index (Phi) is 6.02. The predicted molar refractivity (Wildman–Crippen MR) is 71.0 cm³/mol. The summed E-state index contributed by atoms with van der Waals surface area (Å²) in [4.78, 5) is 24.0. The Morgan fingerprint density at radius 2 is 1.89 bits per heavy atom. The molecule has 0 spiro atoms. The molecule has 19 heavy (non-hydrogen) atoms. The van der Waals surface area contributed by atoms with Crippen molar-refractivity contribution < 1.29 is 19.4 Å². The molecule has 0 amide bonds. The average molecular weight is 265 g/mol. The molecule has 0 atom stereocenters. The Balaban J connectivity index is 2.67. The van der Waals surface area contributed by atoms with E-state index < -0.39 is 5.97 Å². The van der Waals surface area contributed by atoms with Gasteiger partial charge in [-0.25, -0.2) is 4.79 Å². The van der Waals surface area contributed by atoms with E-state index in [2.05, 4.69) is 4.74 Å². The molecule has 0 aromatic heterocycles. The third-order valence-corrected chi connectivity index (χ3v) is 2.73. The molecule has 1 aromatic rings. The van der Waals surface area contributed by atoms with Crippen molar-refractivity contribution in [2.24, 2.45) is 0 Å². The van der Waals surface area contributed by atoms with E-state index in [0.29, 0.717) is 6.54 Å². The minimum Gasteiger partial charge on any atom is -0.478 e. The molecule has 0 radical (unpaired) electrons. The monoisotopic (exact) mass is 265 g/mol. The normalized spacial score (nSPS) is 10.5. The molecule has 1 aromatic carbocycles. The standard InChI is InChI=1S/C14H19NO4/c1-3-8-15(10-13(16)19-2)9-11-4-6-12(7-5-11)14(17)18/h4-7H,3,8-10H2,1-2H3,(H,17,18). The lowest BCUT2D eigenvalue weighted by atomic mass is 10.1. The number of carbonyl (C=O) groups excluding carboxylic acids is 1. The Morgan fingerprint density at radius 1 is 1.26 bits per heavy atom. The maximum Gasteiger partial charge on any atom is 0.335 e. The van der Waals surface area contributed by atoms with Crippen molar-refractivity contribution in [3.05, 3.63) is 35.4 Å². The minimum absolute atomic E-state index is 0.241. The van der Waals surface area contributed by atoms with E-state index in [1.54, 1.807) is 24.3 Å². The summed E-state index contributed by atoms with van der Waals surface area (Å²) in [6.07, 6.45) is 0.935. The van der Waals surface area contributed by atoms with Crippen molar-refractivity contribution in [3.63, 3.8) is 0 Å². The molecule has 0 aliphatic rings. The van der Waals surface area contributed by atoms with E-state index in [0.717, 1.165) is 18.5 Å². The van der Waals surface area contributed by atoms with E-state index in [-0.39, 0.29) is 18.1 Å². The van der Waals surface area contributed by atoms with Crippen LogP contribution in [0.2, 0.25) is 0 Å². The van der Waals surface area contributed by atoms with Crippen LogP contribution in [0.25, 0.3) is 0 Å². The number of aromatic carboxylic acids is 1. The Labute approximate surface area is 112 Å².